The first kappa shape index (κ1) is 14.3. The Hall–Kier alpha value is -2.69. The third-order valence-corrected chi connectivity index (χ3v) is 3.86. The molecule has 3 rings (SSSR count). The number of hydrogen-bond acceptors (Lipinski definition) is 5. The van der Waals surface area contributed by atoms with E-state index >= 15 is 0 Å². The summed E-state index contributed by atoms with van der Waals surface area (Å²) < 4.78 is 0.835. The van der Waals surface area contributed by atoms with Crippen molar-refractivity contribution in [2.45, 2.75) is 0 Å². The number of nitrogens with zero attached hydrogens (tertiary/aromatic N) is 3. The molecule has 22 heavy (non-hydrogen) atoms. The Bertz CT molecular complexity index is 902. The van der Waals surface area contributed by atoms with Crippen LogP contribution in [0, 0.1) is 11.3 Å². The van der Waals surface area contributed by atoms with Crippen molar-refractivity contribution in [3.8, 4) is 6.07 Å². The van der Waals surface area contributed by atoms with Crippen molar-refractivity contribution < 1.29 is 4.79 Å². The Labute approximate surface area is 134 Å². The van der Waals surface area contributed by atoms with Crippen LogP contribution in [0.3, 0.4) is 0 Å². The van der Waals surface area contributed by atoms with E-state index in [1.807, 2.05) is 0 Å². The number of halogens is 1. The number of pyridine rings is 1. The fraction of sp³-hybridized carbons (Fsp3) is 0. The molecule has 1 aromatic carbocycles. The maximum Gasteiger partial charge on any atom is 0.325 e. The maximum absolute atomic E-state index is 11.9. The number of rotatable bonds is 2. The lowest BCUT2D eigenvalue weighted by molar-refractivity contribution is 0.262. The molecule has 0 radical (unpaired) electrons. The average molecular weight is 330 g/mol. The molecule has 2 aromatic heterocycles. The first-order valence-corrected chi connectivity index (χ1v) is 7.34. The first-order valence-electron chi connectivity index (χ1n) is 6.14. The van der Waals surface area contributed by atoms with Crippen molar-refractivity contribution in [2.24, 2.45) is 0 Å². The van der Waals surface area contributed by atoms with Crippen LogP contribution in [0.5, 0.6) is 0 Å². The Kier molecular flexibility index (Phi) is 3.87. The fourth-order valence-corrected chi connectivity index (χ4v) is 2.86. The van der Waals surface area contributed by atoms with E-state index in [1.54, 1.807) is 30.3 Å². The molecular formula is C14H8ClN5OS. The smallest absolute Gasteiger partial charge is 0.307 e. The topological polar surface area (TPSA) is 90.7 Å². The number of amides is 2. The van der Waals surface area contributed by atoms with Gasteiger partial charge in [0.2, 0.25) is 0 Å². The van der Waals surface area contributed by atoms with E-state index < -0.39 is 6.03 Å². The largest absolute Gasteiger partial charge is 0.325 e. The first-order chi connectivity index (χ1) is 10.6. The van der Waals surface area contributed by atoms with E-state index in [0.29, 0.717) is 21.5 Å². The Balaban J connectivity index is 1.75. The molecule has 0 aliphatic rings. The summed E-state index contributed by atoms with van der Waals surface area (Å²) in [4.78, 5) is 20.0. The molecule has 0 bridgehead atoms. The van der Waals surface area contributed by atoms with Crippen LogP contribution in [0.25, 0.3) is 10.2 Å². The van der Waals surface area contributed by atoms with Crippen LogP contribution in [0.2, 0.25) is 5.15 Å². The molecule has 8 heteroatoms. The zero-order valence-electron chi connectivity index (χ0n) is 11.0. The normalized spacial score (nSPS) is 10.2. The van der Waals surface area contributed by atoms with Gasteiger partial charge in [-0.15, -0.1) is 0 Å². The lowest BCUT2D eigenvalue weighted by atomic mass is 10.2. The van der Waals surface area contributed by atoms with Crippen molar-refractivity contribution >= 4 is 50.0 Å². The highest BCUT2D eigenvalue weighted by atomic mass is 35.5. The molecule has 0 fully saturated rings. The summed E-state index contributed by atoms with van der Waals surface area (Å²) in [6.45, 7) is 0. The fourth-order valence-electron chi connectivity index (χ4n) is 1.79. The van der Waals surface area contributed by atoms with Crippen molar-refractivity contribution in [3.63, 3.8) is 0 Å². The number of anilines is 2. The van der Waals surface area contributed by atoms with Crippen LogP contribution in [0.15, 0.2) is 36.5 Å². The van der Waals surface area contributed by atoms with Crippen LogP contribution >= 0.6 is 22.9 Å². The molecule has 0 atom stereocenters. The second kappa shape index (κ2) is 5.97. The van der Waals surface area contributed by atoms with E-state index in [1.165, 1.54) is 17.5 Å². The van der Waals surface area contributed by atoms with Gasteiger partial charge in [-0.3, -0.25) is 5.32 Å². The number of hydrogen-bond donors (Lipinski definition) is 2. The molecule has 6 nitrogen and oxygen atoms in total. The molecule has 0 aliphatic carbocycles. The van der Waals surface area contributed by atoms with E-state index in [4.69, 9.17) is 16.9 Å². The average Bonchev–Trinajstić information content (AvgIpc) is 2.87. The molecule has 2 N–H and O–H groups in total. The summed E-state index contributed by atoms with van der Waals surface area (Å²) in [6.07, 6.45) is 1.50. The molecule has 0 saturated carbocycles. The monoisotopic (exact) mass is 329 g/mol. The standard InChI is InChI=1S/C14H8ClN5OS/c15-12-6-9(3-4-17-12)18-13(21)20-14-19-10-2-1-8(7-16)5-11(10)22-14/h1-6H,(H2,17,18,19,20,21). The van der Waals surface area contributed by atoms with E-state index in [9.17, 15) is 4.79 Å². The molecular weight excluding hydrogens is 322 g/mol. The highest BCUT2D eigenvalue weighted by Gasteiger charge is 2.09. The second-order valence-electron chi connectivity index (χ2n) is 4.26. The van der Waals surface area contributed by atoms with E-state index in [-0.39, 0.29) is 0 Å². The summed E-state index contributed by atoms with van der Waals surface area (Å²) in [5.74, 6) is 0. The summed E-state index contributed by atoms with van der Waals surface area (Å²) in [5, 5.41) is 14.9. The van der Waals surface area contributed by atoms with E-state index in [0.717, 1.165) is 10.2 Å². The number of urea groups is 1. The number of benzene rings is 1. The van der Waals surface area contributed by atoms with Crippen LogP contribution in [-0.4, -0.2) is 16.0 Å². The van der Waals surface area contributed by atoms with Gasteiger partial charge >= 0.3 is 6.03 Å². The zero-order valence-corrected chi connectivity index (χ0v) is 12.6. The minimum absolute atomic E-state index is 0.293. The van der Waals surface area contributed by atoms with Gasteiger partial charge in [-0.1, -0.05) is 22.9 Å². The SMILES string of the molecule is N#Cc1ccc2nc(NC(=O)Nc3ccnc(Cl)c3)sc2c1. The van der Waals surface area contributed by atoms with Crippen LogP contribution in [0.4, 0.5) is 15.6 Å². The van der Waals surface area contributed by atoms with Crippen molar-refractivity contribution in [1.29, 1.82) is 5.26 Å². The van der Waals surface area contributed by atoms with Gasteiger partial charge in [0.05, 0.1) is 21.8 Å². The lowest BCUT2D eigenvalue weighted by Crippen LogP contribution is -2.19. The van der Waals surface area contributed by atoms with Crippen LogP contribution < -0.4 is 10.6 Å². The number of fused-ring (bicyclic) bond motifs is 1. The van der Waals surface area contributed by atoms with Gasteiger partial charge < -0.3 is 5.32 Å². The third kappa shape index (κ3) is 3.14. The highest BCUT2D eigenvalue weighted by molar-refractivity contribution is 7.22. The molecule has 108 valence electrons. The van der Waals surface area contributed by atoms with Gasteiger partial charge in [-0.05, 0) is 30.3 Å². The third-order valence-electron chi connectivity index (χ3n) is 2.72. The van der Waals surface area contributed by atoms with Gasteiger partial charge in [0.25, 0.3) is 0 Å². The molecule has 2 heterocycles. The molecule has 0 spiro atoms. The Morgan fingerprint density at radius 3 is 2.91 bits per heavy atom. The molecule has 3 aromatic rings. The van der Waals surface area contributed by atoms with E-state index in [2.05, 4.69) is 26.7 Å². The number of nitrogens with one attached hydrogen (secondary N) is 2. The second-order valence-corrected chi connectivity index (χ2v) is 5.68. The minimum atomic E-state index is -0.429. The predicted octanol–water partition coefficient (Wildman–Crippen LogP) is 3.86. The summed E-state index contributed by atoms with van der Waals surface area (Å²) in [6, 6.07) is 9.97. The molecule has 0 unspecified atom stereocenters. The summed E-state index contributed by atoms with van der Waals surface area (Å²) >= 11 is 7.05. The highest BCUT2D eigenvalue weighted by Crippen LogP contribution is 2.26. The van der Waals surface area contributed by atoms with Crippen LogP contribution in [0.1, 0.15) is 5.56 Å². The van der Waals surface area contributed by atoms with Gasteiger partial charge in [0, 0.05) is 11.9 Å². The number of carbonyl (C=O) groups is 1. The quantitative estimate of drug-likeness (QED) is 0.698. The van der Waals surface area contributed by atoms with Crippen molar-refractivity contribution in [3.05, 3.63) is 47.2 Å². The molecule has 2 amide bonds. The predicted molar refractivity (Wildman–Crippen MR) is 86.2 cm³/mol. The maximum atomic E-state index is 11.9. The Morgan fingerprint density at radius 1 is 1.27 bits per heavy atom. The van der Waals surface area contributed by atoms with Gasteiger partial charge in [-0.25, -0.2) is 14.8 Å². The van der Waals surface area contributed by atoms with Gasteiger partial charge in [-0.2, -0.15) is 5.26 Å². The number of aromatic nitrogens is 2. The number of thiazole rings is 1. The zero-order chi connectivity index (χ0) is 15.5. The van der Waals surface area contributed by atoms with Gasteiger partial charge in [0.1, 0.15) is 5.15 Å². The molecule has 0 saturated heterocycles. The minimum Gasteiger partial charge on any atom is -0.307 e. The summed E-state index contributed by atoms with van der Waals surface area (Å²) in [7, 11) is 0. The summed E-state index contributed by atoms with van der Waals surface area (Å²) in [5.41, 5.74) is 1.82. The lowest BCUT2D eigenvalue weighted by Gasteiger charge is -2.04. The molecule has 0 aliphatic heterocycles. The van der Waals surface area contributed by atoms with Crippen molar-refractivity contribution in [2.75, 3.05) is 10.6 Å². The number of carbonyl (C=O) groups excluding carboxylic acids is 1. The van der Waals surface area contributed by atoms with Crippen molar-refractivity contribution in [1.82, 2.24) is 9.97 Å². The van der Waals surface area contributed by atoms with Gasteiger partial charge in [0.15, 0.2) is 5.13 Å². The van der Waals surface area contributed by atoms with Crippen LogP contribution in [-0.2, 0) is 0 Å². The Morgan fingerprint density at radius 2 is 2.14 bits per heavy atom. The number of nitriles is 1.